The van der Waals surface area contributed by atoms with E-state index in [1.54, 1.807) is 39.0 Å². The molecule has 5 heteroatoms. The Morgan fingerprint density at radius 1 is 1.37 bits per heavy atom. The number of carbonyl (C=O) groups is 2. The first-order valence-corrected chi connectivity index (χ1v) is 5.80. The van der Waals surface area contributed by atoms with E-state index in [4.69, 9.17) is 10.5 Å². The van der Waals surface area contributed by atoms with Crippen molar-refractivity contribution in [3.63, 3.8) is 0 Å². The lowest BCUT2D eigenvalue weighted by molar-refractivity contribution is -0.111. The van der Waals surface area contributed by atoms with E-state index in [0.717, 1.165) is 6.08 Å². The van der Waals surface area contributed by atoms with Gasteiger partial charge in [0.15, 0.2) is 0 Å². The molecule has 0 aliphatic carbocycles. The minimum absolute atomic E-state index is 0.173. The fourth-order valence-electron chi connectivity index (χ4n) is 1.37. The number of amides is 1. The summed E-state index contributed by atoms with van der Waals surface area (Å²) >= 11 is 0. The zero-order valence-corrected chi connectivity index (χ0v) is 11.3. The number of rotatable bonds is 3. The molecule has 1 rings (SSSR count). The molecule has 1 aromatic rings. The maximum absolute atomic E-state index is 12.0. The monoisotopic (exact) mass is 262 g/mol. The van der Waals surface area contributed by atoms with E-state index in [9.17, 15) is 9.59 Å². The summed E-state index contributed by atoms with van der Waals surface area (Å²) in [6.45, 7) is 8.65. The number of anilines is 2. The molecule has 5 nitrogen and oxygen atoms in total. The van der Waals surface area contributed by atoms with Crippen LogP contribution in [0.25, 0.3) is 0 Å². The van der Waals surface area contributed by atoms with Crippen molar-refractivity contribution in [3.8, 4) is 0 Å². The number of nitrogens with one attached hydrogen (secondary N) is 1. The first-order valence-electron chi connectivity index (χ1n) is 5.80. The van der Waals surface area contributed by atoms with Crippen LogP contribution >= 0.6 is 0 Å². The predicted molar refractivity (Wildman–Crippen MR) is 74.8 cm³/mol. The van der Waals surface area contributed by atoms with Crippen LogP contribution in [0, 0.1) is 0 Å². The maximum atomic E-state index is 12.0. The Balaban J connectivity index is 3.03. The van der Waals surface area contributed by atoms with Gasteiger partial charge in [-0.15, -0.1) is 0 Å². The smallest absolute Gasteiger partial charge is 0.340 e. The highest BCUT2D eigenvalue weighted by Gasteiger charge is 2.20. The number of para-hydroxylation sites is 1. The van der Waals surface area contributed by atoms with E-state index < -0.39 is 17.5 Å². The second-order valence-corrected chi connectivity index (χ2v) is 4.96. The van der Waals surface area contributed by atoms with Gasteiger partial charge in [0.25, 0.3) is 0 Å². The predicted octanol–water partition coefficient (Wildman–Crippen LogP) is 2.35. The molecule has 19 heavy (non-hydrogen) atoms. The molecule has 102 valence electrons. The highest BCUT2D eigenvalue weighted by molar-refractivity contribution is 6.05. The molecule has 0 bridgehead atoms. The van der Waals surface area contributed by atoms with Gasteiger partial charge >= 0.3 is 5.97 Å². The third-order valence-corrected chi connectivity index (χ3v) is 2.17. The molecule has 1 amide bonds. The molecule has 0 aromatic heterocycles. The second kappa shape index (κ2) is 5.56. The topological polar surface area (TPSA) is 81.4 Å². The van der Waals surface area contributed by atoms with Gasteiger partial charge in [-0.3, -0.25) is 4.79 Å². The quantitative estimate of drug-likeness (QED) is 0.497. The van der Waals surface area contributed by atoms with E-state index in [1.807, 2.05) is 0 Å². The third-order valence-electron chi connectivity index (χ3n) is 2.17. The third kappa shape index (κ3) is 4.13. The Labute approximate surface area is 112 Å². The minimum atomic E-state index is -0.607. The molecule has 1 aromatic carbocycles. The van der Waals surface area contributed by atoms with Crippen molar-refractivity contribution in [3.05, 3.63) is 36.4 Å². The van der Waals surface area contributed by atoms with E-state index in [-0.39, 0.29) is 11.3 Å². The van der Waals surface area contributed by atoms with Gasteiger partial charge < -0.3 is 15.8 Å². The molecule has 0 saturated heterocycles. The van der Waals surface area contributed by atoms with E-state index >= 15 is 0 Å². The van der Waals surface area contributed by atoms with Crippen molar-refractivity contribution in [1.82, 2.24) is 0 Å². The van der Waals surface area contributed by atoms with Crippen LogP contribution in [0.15, 0.2) is 30.9 Å². The Morgan fingerprint density at radius 2 is 2.00 bits per heavy atom. The van der Waals surface area contributed by atoms with Gasteiger partial charge in [0.2, 0.25) is 5.91 Å². The summed E-state index contributed by atoms with van der Waals surface area (Å²) in [6, 6.07) is 4.77. The zero-order chi connectivity index (χ0) is 14.6. The summed E-state index contributed by atoms with van der Waals surface area (Å²) in [5.41, 5.74) is 6.00. The fourth-order valence-corrected chi connectivity index (χ4v) is 1.37. The Kier molecular flexibility index (Phi) is 4.32. The molecular formula is C14H18N2O3. The van der Waals surface area contributed by atoms with Crippen molar-refractivity contribution in [1.29, 1.82) is 0 Å². The van der Waals surface area contributed by atoms with Crippen LogP contribution < -0.4 is 11.1 Å². The van der Waals surface area contributed by atoms with Crippen molar-refractivity contribution < 1.29 is 14.3 Å². The summed E-state index contributed by atoms with van der Waals surface area (Å²) in [5.74, 6) is -0.923. The van der Waals surface area contributed by atoms with Gasteiger partial charge in [-0.05, 0) is 39.0 Å². The Bertz CT molecular complexity index is 516. The van der Waals surface area contributed by atoms with Gasteiger partial charge in [-0.1, -0.05) is 12.6 Å². The average Bonchev–Trinajstić information content (AvgIpc) is 2.29. The van der Waals surface area contributed by atoms with Crippen LogP contribution in [-0.4, -0.2) is 17.5 Å². The lowest BCUT2D eigenvalue weighted by Gasteiger charge is -2.20. The molecule has 0 atom stereocenters. The summed E-state index contributed by atoms with van der Waals surface area (Å²) in [6.07, 6.45) is 1.12. The molecule has 0 fully saturated rings. The largest absolute Gasteiger partial charge is 0.456 e. The van der Waals surface area contributed by atoms with Crippen LogP contribution in [0.1, 0.15) is 31.1 Å². The van der Waals surface area contributed by atoms with Crippen LogP contribution in [0.3, 0.4) is 0 Å². The van der Waals surface area contributed by atoms with Gasteiger partial charge in [-0.2, -0.15) is 0 Å². The van der Waals surface area contributed by atoms with Crippen LogP contribution in [0.4, 0.5) is 11.4 Å². The second-order valence-electron chi connectivity index (χ2n) is 4.96. The number of ether oxygens (including phenoxy) is 1. The number of benzene rings is 1. The highest BCUT2D eigenvalue weighted by atomic mass is 16.6. The fraction of sp³-hybridized carbons (Fsp3) is 0.286. The SMILES string of the molecule is C=CC(=O)Nc1cccc(C(=O)OC(C)(C)C)c1N. The molecule has 0 unspecified atom stereocenters. The van der Waals surface area contributed by atoms with Crippen LogP contribution in [-0.2, 0) is 9.53 Å². The lowest BCUT2D eigenvalue weighted by atomic mass is 10.1. The molecule has 0 heterocycles. The minimum Gasteiger partial charge on any atom is -0.456 e. The number of esters is 1. The summed E-state index contributed by atoms with van der Waals surface area (Å²) in [5, 5.41) is 2.53. The van der Waals surface area contributed by atoms with Crippen LogP contribution in [0.2, 0.25) is 0 Å². The molecular weight excluding hydrogens is 244 g/mol. The van der Waals surface area contributed by atoms with E-state index in [0.29, 0.717) is 5.69 Å². The molecule has 0 saturated carbocycles. The van der Waals surface area contributed by atoms with Gasteiger partial charge in [0, 0.05) is 0 Å². The summed E-state index contributed by atoms with van der Waals surface area (Å²) < 4.78 is 5.24. The summed E-state index contributed by atoms with van der Waals surface area (Å²) in [4.78, 5) is 23.2. The van der Waals surface area contributed by atoms with Gasteiger partial charge in [-0.25, -0.2) is 4.79 Å². The standard InChI is InChI=1S/C14H18N2O3/c1-5-11(17)16-10-8-6-7-9(12(10)15)13(18)19-14(2,3)4/h5-8H,1,15H2,2-4H3,(H,16,17). The number of hydrogen-bond donors (Lipinski definition) is 2. The first-order chi connectivity index (χ1) is 8.74. The molecule has 0 radical (unpaired) electrons. The van der Waals surface area contributed by atoms with Crippen molar-refractivity contribution in [2.45, 2.75) is 26.4 Å². The van der Waals surface area contributed by atoms with Gasteiger partial charge in [0.1, 0.15) is 5.60 Å². The Hall–Kier alpha value is -2.30. The highest BCUT2D eigenvalue weighted by Crippen LogP contribution is 2.24. The molecule has 0 aliphatic rings. The molecule has 0 aliphatic heterocycles. The van der Waals surface area contributed by atoms with Crippen molar-refractivity contribution in [2.24, 2.45) is 0 Å². The normalized spacial score (nSPS) is 10.7. The number of carbonyl (C=O) groups excluding carboxylic acids is 2. The first kappa shape index (κ1) is 14.8. The lowest BCUT2D eigenvalue weighted by Crippen LogP contribution is -2.24. The average molecular weight is 262 g/mol. The van der Waals surface area contributed by atoms with E-state index in [1.165, 1.54) is 0 Å². The number of nitrogens with two attached hydrogens (primary N) is 1. The molecule has 3 N–H and O–H groups in total. The summed E-state index contributed by atoms with van der Waals surface area (Å²) in [7, 11) is 0. The van der Waals surface area contributed by atoms with Crippen molar-refractivity contribution >= 4 is 23.3 Å². The Morgan fingerprint density at radius 3 is 2.53 bits per heavy atom. The molecule has 0 spiro atoms. The number of nitrogen functional groups attached to an aromatic ring is 1. The van der Waals surface area contributed by atoms with E-state index in [2.05, 4.69) is 11.9 Å². The number of hydrogen-bond acceptors (Lipinski definition) is 4. The van der Waals surface area contributed by atoms with Crippen LogP contribution in [0.5, 0.6) is 0 Å². The zero-order valence-electron chi connectivity index (χ0n) is 11.3. The maximum Gasteiger partial charge on any atom is 0.340 e. The van der Waals surface area contributed by atoms with Gasteiger partial charge in [0.05, 0.1) is 16.9 Å². The van der Waals surface area contributed by atoms with Crippen molar-refractivity contribution in [2.75, 3.05) is 11.1 Å².